The van der Waals surface area contributed by atoms with E-state index in [0.717, 1.165) is 18.6 Å². The second-order valence-electron chi connectivity index (χ2n) is 4.36. The van der Waals surface area contributed by atoms with Crippen molar-refractivity contribution in [2.75, 3.05) is 19.6 Å². The molecule has 0 unspecified atom stereocenters. The van der Waals surface area contributed by atoms with Gasteiger partial charge >= 0.3 is 0 Å². The normalized spacial score (nSPS) is 11.3. The van der Waals surface area contributed by atoms with Crippen LogP contribution in [0.2, 0.25) is 0 Å². The SMILES string of the molecule is CCCN(CCNS(=O)(=O)c1ccc(F)cc1)C(C)=O. The summed E-state index contributed by atoms with van der Waals surface area (Å²) in [4.78, 5) is 12.9. The smallest absolute Gasteiger partial charge is 0.240 e. The maximum Gasteiger partial charge on any atom is 0.240 e. The van der Waals surface area contributed by atoms with Gasteiger partial charge in [-0.3, -0.25) is 4.79 Å². The molecule has 0 heterocycles. The average molecular weight is 302 g/mol. The third-order valence-electron chi connectivity index (χ3n) is 2.74. The Morgan fingerprint density at radius 3 is 2.35 bits per heavy atom. The number of nitrogens with zero attached hydrogens (tertiary/aromatic N) is 1. The zero-order valence-electron chi connectivity index (χ0n) is 11.6. The number of carbonyl (C=O) groups is 1. The minimum Gasteiger partial charge on any atom is -0.342 e. The van der Waals surface area contributed by atoms with E-state index in [9.17, 15) is 17.6 Å². The Hall–Kier alpha value is -1.47. The van der Waals surface area contributed by atoms with E-state index in [4.69, 9.17) is 0 Å². The van der Waals surface area contributed by atoms with Gasteiger partial charge in [0.2, 0.25) is 15.9 Å². The summed E-state index contributed by atoms with van der Waals surface area (Å²) in [6.45, 7) is 4.42. The van der Waals surface area contributed by atoms with Crippen LogP contribution in [0.3, 0.4) is 0 Å². The van der Waals surface area contributed by atoms with Crippen molar-refractivity contribution in [3.05, 3.63) is 30.1 Å². The number of rotatable bonds is 7. The average Bonchev–Trinajstić information content (AvgIpc) is 2.38. The van der Waals surface area contributed by atoms with Crippen LogP contribution in [0.1, 0.15) is 20.3 Å². The van der Waals surface area contributed by atoms with Crippen molar-refractivity contribution in [1.29, 1.82) is 0 Å². The molecular formula is C13H19FN2O3S. The first kappa shape index (κ1) is 16.6. The summed E-state index contributed by atoms with van der Waals surface area (Å²) < 4.78 is 39.0. The van der Waals surface area contributed by atoms with Gasteiger partial charge in [-0.15, -0.1) is 0 Å². The molecule has 20 heavy (non-hydrogen) atoms. The minimum absolute atomic E-state index is 0.00349. The zero-order valence-corrected chi connectivity index (χ0v) is 12.4. The van der Waals surface area contributed by atoms with Crippen molar-refractivity contribution >= 4 is 15.9 Å². The molecule has 0 saturated heterocycles. The van der Waals surface area contributed by atoms with Gasteiger partial charge in [-0.05, 0) is 30.7 Å². The second-order valence-corrected chi connectivity index (χ2v) is 6.12. The van der Waals surface area contributed by atoms with Crippen molar-refractivity contribution in [3.63, 3.8) is 0 Å². The van der Waals surface area contributed by atoms with Crippen LogP contribution in [0.4, 0.5) is 4.39 Å². The summed E-state index contributed by atoms with van der Waals surface area (Å²) in [5, 5.41) is 0. The number of hydrogen-bond acceptors (Lipinski definition) is 3. The lowest BCUT2D eigenvalue weighted by Gasteiger charge is -2.20. The standard InChI is InChI=1S/C13H19FN2O3S/c1-3-9-16(11(2)17)10-8-15-20(18,19)13-6-4-12(14)5-7-13/h4-7,15H,3,8-10H2,1-2H3. The van der Waals surface area contributed by atoms with Crippen LogP contribution in [0.5, 0.6) is 0 Å². The van der Waals surface area contributed by atoms with Crippen LogP contribution < -0.4 is 4.72 Å². The highest BCUT2D eigenvalue weighted by Crippen LogP contribution is 2.09. The van der Waals surface area contributed by atoms with Crippen molar-refractivity contribution in [2.45, 2.75) is 25.2 Å². The Kier molecular flexibility index (Phi) is 6.09. The Morgan fingerprint density at radius 1 is 1.25 bits per heavy atom. The maximum atomic E-state index is 12.7. The number of halogens is 1. The van der Waals surface area contributed by atoms with Gasteiger partial charge in [0, 0.05) is 26.6 Å². The third-order valence-corrected chi connectivity index (χ3v) is 4.21. The molecule has 0 aliphatic rings. The fourth-order valence-corrected chi connectivity index (χ4v) is 2.73. The summed E-state index contributed by atoms with van der Waals surface area (Å²) in [5.74, 6) is -0.581. The number of benzene rings is 1. The van der Waals surface area contributed by atoms with Crippen LogP contribution in [-0.4, -0.2) is 38.9 Å². The first-order valence-corrected chi connectivity index (χ1v) is 7.86. The largest absolute Gasteiger partial charge is 0.342 e. The molecule has 0 spiro atoms. The molecule has 1 N–H and O–H groups in total. The Balaban J connectivity index is 2.59. The number of sulfonamides is 1. The zero-order chi connectivity index (χ0) is 15.2. The fourth-order valence-electron chi connectivity index (χ4n) is 1.71. The summed E-state index contributed by atoms with van der Waals surface area (Å²) in [6, 6.07) is 4.58. The first-order chi connectivity index (χ1) is 9.36. The highest BCUT2D eigenvalue weighted by atomic mass is 32.2. The fraction of sp³-hybridized carbons (Fsp3) is 0.462. The van der Waals surface area contributed by atoms with Crippen molar-refractivity contribution in [1.82, 2.24) is 9.62 Å². The van der Waals surface area contributed by atoms with Gasteiger partial charge in [0.05, 0.1) is 4.90 Å². The van der Waals surface area contributed by atoms with Crippen molar-refractivity contribution in [2.24, 2.45) is 0 Å². The topological polar surface area (TPSA) is 66.5 Å². The van der Waals surface area contributed by atoms with Gasteiger partial charge in [0.15, 0.2) is 0 Å². The van der Waals surface area contributed by atoms with Crippen LogP contribution in [0.15, 0.2) is 29.2 Å². The van der Waals surface area contributed by atoms with E-state index in [-0.39, 0.29) is 17.3 Å². The van der Waals surface area contributed by atoms with E-state index >= 15 is 0 Å². The van der Waals surface area contributed by atoms with Gasteiger partial charge < -0.3 is 4.90 Å². The highest BCUT2D eigenvalue weighted by Gasteiger charge is 2.14. The molecule has 1 aromatic carbocycles. The highest BCUT2D eigenvalue weighted by molar-refractivity contribution is 7.89. The number of amides is 1. The van der Waals surface area contributed by atoms with E-state index in [1.165, 1.54) is 19.1 Å². The Morgan fingerprint density at radius 2 is 1.85 bits per heavy atom. The maximum absolute atomic E-state index is 12.7. The first-order valence-electron chi connectivity index (χ1n) is 6.37. The van der Waals surface area contributed by atoms with Crippen molar-refractivity contribution < 1.29 is 17.6 Å². The number of hydrogen-bond donors (Lipinski definition) is 1. The van der Waals surface area contributed by atoms with Crippen molar-refractivity contribution in [3.8, 4) is 0 Å². The molecule has 5 nitrogen and oxygen atoms in total. The van der Waals surface area contributed by atoms with E-state index in [2.05, 4.69) is 4.72 Å². The van der Waals surface area contributed by atoms with Crippen LogP contribution >= 0.6 is 0 Å². The van der Waals surface area contributed by atoms with Crippen LogP contribution in [-0.2, 0) is 14.8 Å². The van der Waals surface area contributed by atoms with E-state index in [1.54, 1.807) is 4.90 Å². The van der Waals surface area contributed by atoms with E-state index in [1.807, 2.05) is 6.92 Å². The predicted octanol–water partition coefficient (Wildman–Crippen LogP) is 1.36. The lowest BCUT2D eigenvalue weighted by Crippen LogP contribution is -2.37. The predicted molar refractivity (Wildman–Crippen MR) is 74.1 cm³/mol. The van der Waals surface area contributed by atoms with Gasteiger partial charge in [0.25, 0.3) is 0 Å². The summed E-state index contributed by atoms with van der Waals surface area (Å²) >= 11 is 0. The molecule has 112 valence electrons. The third kappa shape index (κ3) is 4.90. The summed E-state index contributed by atoms with van der Waals surface area (Å²) in [7, 11) is -3.67. The lowest BCUT2D eigenvalue weighted by molar-refractivity contribution is -0.128. The quantitative estimate of drug-likeness (QED) is 0.827. The number of nitrogens with one attached hydrogen (secondary N) is 1. The molecule has 1 rings (SSSR count). The Labute approximate surface area is 118 Å². The minimum atomic E-state index is -3.67. The molecule has 0 saturated carbocycles. The van der Waals surface area contributed by atoms with Gasteiger partial charge in [-0.1, -0.05) is 6.92 Å². The molecule has 1 aromatic rings. The van der Waals surface area contributed by atoms with Crippen LogP contribution in [0, 0.1) is 5.82 Å². The monoisotopic (exact) mass is 302 g/mol. The van der Waals surface area contributed by atoms with Gasteiger partial charge in [-0.2, -0.15) is 0 Å². The molecule has 0 aromatic heterocycles. The molecular weight excluding hydrogens is 283 g/mol. The molecule has 1 amide bonds. The lowest BCUT2D eigenvalue weighted by atomic mass is 10.4. The summed E-state index contributed by atoms with van der Waals surface area (Å²) in [6.07, 6.45) is 0.810. The molecule has 0 radical (unpaired) electrons. The molecule has 0 bridgehead atoms. The molecule has 7 heteroatoms. The number of carbonyl (C=O) groups excluding carboxylic acids is 1. The van der Waals surface area contributed by atoms with E-state index in [0.29, 0.717) is 13.1 Å². The molecule has 0 fully saturated rings. The van der Waals surface area contributed by atoms with Gasteiger partial charge in [0.1, 0.15) is 5.82 Å². The van der Waals surface area contributed by atoms with Crippen LogP contribution in [0.25, 0.3) is 0 Å². The second kappa shape index (κ2) is 7.35. The van der Waals surface area contributed by atoms with E-state index < -0.39 is 15.8 Å². The molecule has 0 atom stereocenters. The molecule has 0 aliphatic carbocycles. The molecule has 0 aliphatic heterocycles. The Bertz CT molecular complexity index is 543. The summed E-state index contributed by atoms with van der Waals surface area (Å²) in [5.41, 5.74) is 0. The van der Waals surface area contributed by atoms with Gasteiger partial charge in [-0.25, -0.2) is 17.5 Å².